The number of benzene rings is 1. The largest absolute Gasteiger partial charge is 0.332 e. The van der Waals surface area contributed by atoms with Gasteiger partial charge in [0.05, 0.1) is 0 Å². The third-order valence-corrected chi connectivity index (χ3v) is 1.38. The van der Waals surface area contributed by atoms with E-state index in [2.05, 4.69) is 10.7 Å². The van der Waals surface area contributed by atoms with Crippen LogP contribution in [0.5, 0.6) is 0 Å². The first-order valence-electron chi connectivity index (χ1n) is 3.15. The van der Waals surface area contributed by atoms with E-state index in [4.69, 9.17) is 18.1 Å². The van der Waals surface area contributed by atoms with E-state index in [1.54, 1.807) is 0 Å². The van der Waals surface area contributed by atoms with Crippen molar-refractivity contribution in [1.29, 1.82) is 0 Å². The lowest BCUT2D eigenvalue weighted by Gasteiger charge is -2.04. The lowest BCUT2D eigenvalue weighted by Crippen LogP contribution is -2.34. The second-order valence-corrected chi connectivity index (χ2v) is 2.37. The number of nitrogens with one attached hydrogen (secondary N) is 2. The van der Waals surface area contributed by atoms with Crippen molar-refractivity contribution in [2.45, 2.75) is 0 Å². The Hall–Kier alpha value is -1.13. The molecule has 0 aliphatic heterocycles. The molecule has 0 amide bonds. The normalized spacial score (nSPS) is 8.82. The van der Waals surface area contributed by atoms with Crippen LogP contribution in [0, 0.1) is 0 Å². The quantitative estimate of drug-likeness (QED) is 0.330. The summed E-state index contributed by atoms with van der Waals surface area (Å²) in [5.74, 6) is 5.07. The highest BCUT2D eigenvalue weighted by Crippen LogP contribution is 2.03. The van der Waals surface area contributed by atoms with E-state index < -0.39 is 0 Å². The fourth-order valence-corrected chi connectivity index (χ4v) is 0.807. The number of para-hydroxylation sites is 1. The van der Waals surface area contributed by atoms with Crippen molar-refractivity contribution in [3.8, 4) is 0 Å². The number of thiocarbonyl (C=S) groups is 1. The molecular weight excluding hydrogens is 158 g/mol. The van der Waals surface area contributed by atoms with Crippen molar-refractivity contribution in [2.75, 3.05) is 5.32 Å². The third-order valence-electron chi connectivity index (χ3n) is 1.16. The SMILES string of the molecule is NNC(=S)Nc1ccccc1. The van der Waals surface area contributed by atoms with Crippen LogP contribution in [0.1, 0.15) is 0 Å². The van der Waals surface area contributed by atoms with Gasteiger partial charge in [0.1, 0.15) is 0 Å². The summed E-state index contributed by atoms with van der Waals surface area (Å²) in [4.78, 5) is 0. The standard InChI is InChI=1S/C7H9N3S/c8-10-7(11)9-6-4-2-1-3-5-6/h1-5H,8H2,(H2,9,10,11). The predicted molar refractivity (Wildman–Crippen MR) is 50.0 cm³/mol. The maximum absolute atomic E-state index is 5.07. The van der Waals surface area contributed by atoms with Crippen molar-refractivity contribution in [2.24, 2.45) is 5.84 Å². The van der Waals surface area contributed by atoms with E-state index in [-0.39, 0.29) is 0 Å². The minimum Gasteiger partial charge on any atom is -0.332 e. The summed E-state index contributed by atoms with van der Waals surface area (Å²) in [6.07, 6.45) is 0. The number of anilines is 1. The third kappa shape index (κ3) is 2.53. The van der Waals surface area contributed by atoms with Crippen molar-refractivity contribution in [3.63, 3.8) is 0 Å². The fraction of sp³-hybridized carbons (Fsp3) is 0. The Balaban J connectivity index is 2.58. The van der Waals surface area contributed by atoms with Gasteiger partial charge in [-0.25, -0.2) is 5.84 Å². The van der Waals surface area contributed by atoms with Gasteiger partial charge < -0.3 is 10.7 Å². The topological polar surface area (TPSA) is 50.1 Å². The van der Waals surface area contributed by atoms with Crippen molar-refractivity contribution < 1.29 is 0 Å². The molecule has 0 saturated heterocycles. The molecule has 0 bridgehead atoms. The van der Waals surface area contributed by atoms with Gasteiger partial charge >= 0.3 is 0 Å². The van der Waals surface area contributed by atoms with Crippen LogP contribution in [0.4, 0.5) is 5.69 Å². The van der Waals surface area contributed by atoms with Crippen LogP contribution < -0.4 is 16.6 Å². The Morgan fingerprint density at radius 1 is 1.27 bits per heavy atom. The Morgan fingerprint density at radius 3 is 2.45 bits per heavy atom. The highest BCUT2D eigenvalue weighted by molar-refractivity contribution is 7.80. The summed E-state index contributed by atoms with van der Waals surface area (Å²) in [5, 5.41) is 3.30. The van der Waals surface area contributed by atoms with E-state index >= 15 is 0 Å². The average molecular weight is 167 g/mol. The van der Waals surface area contributed by atoms with Crippen molar-refractivity contribution >= 4 is 23.0 Å². The van der Waals surface area contributed by atoms with Gasteiger partial charge in [0, 0.05) is 5.69 Å². The van der Waals surface area contributed by atoms with Crippen LogP contribution in [0.15, 0.2) is 30.3 Å². The Morgan fingerprint density at radius 2 is 1.91 bits per heavy atom. The zero-order chi connectivity index (χ0) is 8.10. The maximum atomic E-state index is 5.07. The average Bonchev–Trinajstić information content (AvgIpc) is 2.06. The second kappa shape index (κ2) is 3.90. The molecule has 1 rings (SSSR count). The number of hydrogen-bond acceptors (Lipinski definition) is 2. The van der Waals surface area contributed by atoms with Gasteiger partial charge in [-0.15, -0.1) is 0 Å². The van der Waals surface area contributed by atoms with Gasteiger partial charge in [0.15, 0.2) is 5.11 Å². The summed E-state index contributed by atoms with van der Waals surface area (Å²) in [7, 11) is 0. The van der Waals surface area contributed by atoms with Gasteiger partial charge in [-0.3, -0.25) is 0 Å². The molecule has 0 fully saturated rings. The van der Waals surface area contributed by atoms with Crippen LogP contribution in [-0.2, 0) is 0 Å². The highest BCUT2D eigenvalue weighted by Gasteiger charge is 1.90. The van der Waals surface area contributed by atoms with E-state index in [9.17, 15) is 0 Å². The van der Waals surface area contributed by atoms with E-state index in [0.29, 0.717) is 5.11 Å². The molecule has 0 heterocycles. The number of hydrazine groups is 1. The predicted octanol–water partition coefficient (Wildman–Crippen LogP) is 0.847. The molecule has 0 saturated carbocycles. The molecule has 0 aliphatic carbocycles. The molecule has 1 aromatic rings. The zero-order valence-electron chi connectivity index (χ0n) is 5.87. The lowest BCUT2D eigenvalue weighted by molar-refractivity contribution is 1.04. The molecule has 0 aromatic heterocycles. The van der Waals surface area contributed by atoms with Crippen LogP contribution in [0.2, 0.25) is 0 Å². The van der Waals surface area contributed by atoms with Crippen molar-refractivity contribution in [1.82, 2.24) is 5.43 Å². The molecule has 0 radical (unpaired) electrons. The van der Waals surface area contributed by atoms with Gasteiger partial charge in [-0.05, 0) is 24.4 Å². The van der Waals surface area contributed by atoms with Gasteiger partial charge in [0.2, 0.25) is 0 Å². The summed E-state index contributed by atoms with van der Waals surface area (Å²) >= 11 is 4.79. The monoisotopic (exact) mass is 167 g/mol. The minimum atomic E-state index is 0.413. The molecule has 3 nitrogen and oxygen atoms in total. The molecule has 0 aliphatic rings. The van der Waals surface area contributed by atoms with Crippen LogP contribution in [0.25, 0.3) is 0 Å². The molecule has 0 spiro atoms. The zero-order valence-corrected chi connectivity index (χ0v) is 6.69. The van der Waals surface area contributed by atoms with E-state index in [1.165, 1.54) is 0 Å². The number of nitrogens with two attached hydrogens (primary N) is 1. The molecule has 4 heteroatoms. The van der Waals surface area contributed by atoms with Crippen LogP contribution in [0.3, 0.4) is 0 Å². The first kappa shape index (κ1) is 7.97. The second-order valence-electron chi connectivity index (χ2n) is 1.96. The summed E-state index contributed by atoms with van der Waals surface area (Å²) < 4.78 is 0. The highest BCUT2D eigenvalue weighted by atomic mass is 32.1. The Bertz CT molecular complexity index is 235. The minimum absolute atomic E-state index is 0.413. The van der Waals surface area contributed by atoms with Gasteiger partial charge in [-0.1, -0.05) is 18.2 Å². The summed E-state index contributed by atoms with van der Waals surface area (Å²) in [6.45, 7) is 0. The molecule has 0 unspecified atom stereocenters. The fourth-order valence-electron chi connectivity index (χ4n) is 0.689. The smallest absolute Gasteiger partial charge is 0.185 e. The summed E-state index contributed by atoms with van der Waals surface area (Å²) in [6, 6.07) is 9.58. The van der Waals surface area contributed by atoms with Crippen LogP contribution in [-0.4, -0.2) is 5.11 Å². The first-order valence-corrected chi connectivity index (χ1v) is 3.56. The van der Waals surface area contributed by atoms with E-state index in [1.807, 2.05) is 30.3 Å². The van der Waals surface area contributed by atoms with Crippen molar-refractivity contribution in [3.05, 3.63) is 30.3 Å². The van der Waals surface area contributed by atoms with Gasteiger partial charge in [0.25, 0.3) is 0 Å². The number of hydrogen-bond donors (Lipinski definition) is 3. The molecule has 11 heavy (non-hydrogen) atoms. The molecule has 1 aromatic carbocycles. The lowest BCUT2D eigenvalue weighted by atomic mass is 10.3. The van der Waals surface area contributed by atoms with Gasteiger partial charge in [-0.2, -0.15) is 0 Å². The van der Waals surface area contributed by atoms with Crippen LogP contribution >= 0.6 is 12.2 Å². The molecular formula is C7H9N3S. The molecule has 4 N–H and O–H groups in total. The Labute approximate surface area is 70.6 Å². The Kier molecular flexibility index (Phi) is 2.83. The summed E-state index contributed by atoms with van der Waals surface area (Å²) in [5.41, 5.74) is 3.26. The first-order chi connectivity index (χ1) is 5.33. The number of rotatable bonds is 1. The molecule has 0 atom stereocenters. The molecule has 58 valence electrons. The van der Waals surface area contributed by atoms with E-state index in [0.717, 1.165) is 5.69 Å². The maximum Gasteiger partial charge on any atom is 0.185 e.